The number of aromatic nitrogens is 1. The van der Waals surface area contributed by atoms with Crippen LogP contribution in [0.1, 0.15) is 35.7 Å². The number of carbonyl (C=O) groups excluding carboxylic acids is 2. The van der Waals surface area contributed by atoms with Gasteiger partial charge in [0.15, 0.2) is 5.58 Å². The molecule has 0 saturated carbocycles. The molecule has 0 bridgehead atoms. The number of amides is 2. The molecule has 2 aromatic carbocycles. The fraction of sp³-hybridized carbons (Fsp3) is 0.250. The van der Waals surface area contributed by atoms with Crippen molar-refractivity contribution < 1.29 is 14.0 Å². The average molecular weight is 351 g/mol. The molecule has 1 heterocycles. The summed E-state index contributed by atoms with van der Waals surface area (Å²) < 4.78 is 5.66. The molecule has 0 aliphatic rings. The number of nitrogens with one attached hydrogen (secondary N) is 2. The van der Waals surface area contributed by atoms with Crippen molar-refractivity contribution in [1.29, 1.82) is 0 Å². The van der Waals surface area contributed by atoms with Crippen molar-refractivity contribution in [3.05, 3.63) is 59.5 Å². The minimum Gasteiger partial charge on any atom is -0.439 e. The maximum absolute atomic E-state index is 12.4. The van der Waals surface area contributed by atoms with E-state index in [0.29, 0.717) is 22.7 Å². The van der Waals surface area contributed by atoms with E-state index >= 15 is 0 Å². The Morgan fingerprint density at radius 2 is 1.92 bits per heavy atom. The quantitative estimate of drug-likeness (QED) is 0.735. The van der Waals surface area contributed by atoms with Crippen molar-refractivity contribution in [2.45, 2.75) is 27.3 Å². The number of hydrogen-bond acceptors (Lipinski definition) is 4. The summed E-state index contributed by atoms with van der Waals surface area (Å²) in [6.07, 6.45) is 0. The van der Waals surface area contributed by atoms with Gasteiger partial charge in [-0.25, -0.2) is 4.98 Å². The normalized spacial score (nSPS) is 10.9. The van der Waals surface area contributed by atoms with Gasteiger partial charge in [0.05, 0.1) is 6.54 Å². The zero-order valence-electron chi connectivity index (χ0n) is 15.0. The highest BCUT2D eigenvalue weighted by Gasteiger charge is 2.12. The third-order valence-corrected chi connectivity index (χ3v) is 3.98. The molecule has 6 nitrogen and oxygen atoms in total. The molecule has 0 unspecified atom stereocenters. The number of aryl methyl sites for hydroxylation is 1. The maximum atomic E-state index is 12.4. The highest BCUT2D eigenvalue weighted by Crippen LogP contribution is 2.19. The molecule has 0 fully saturated rings. The summed E-state index contributed by atoms with van der Waals surface area (Å²) in [7, 11) is 0. The molecule has 0 aliphatic carbocycles. The van der Waals surface area contributed by atoms with Gasteiger partial charge in [0, 0.05) is 17.2 Å². The number of para-hydroxylation sites is 1. The molecule has 0 saturated heterocycles. The predicted molar refractivity (Wildman–Crippen MR) is 99.8 cm³/mol. The topological polar surface area (TPSA) is 84.2 Å². The van der Waals surface area contributed by atoms with Crippen molar-refractivity contribution in [2.75, 3.05) is 5.32 Å². The summed E-state index contributed by atoms with van der Waals surface area (Å²) in [6, 6.07) is 12.5. The summed E-state index contributed by atoms with van der Waals surface area (Å²) in [5.41, 5.74) is 3.58. The Kier molecular flexibility index (Phi) is 5.02. The molecule has 6 heteroatoms. The lowest BCUT2D eigenvalue weighted by Crippen LogP contribution is -2.23. The van der Waals surface area contributed by atoms with Gasteiger partial charge < -0.3 is 15.1 Å². The average Bonchev–Trinajstić information content (AvgIpc) is 3.04. The summed E-state index contributed by atoms with van der Waals surface area (Å²) >= 11 is 0. The van der Waals surface area contributed by atoms with Crippen LogP contribution in [0.15, 0.2) is 46.9 Å². The van der Waals surface area contributed by atoms with E-state index in [4.69, 9.17) is 4.42 Å². The van der Waals surface area contributed by atoms with Crippen LogP contribution in [0.5, 0.6) is 0 Å². The van der Waals surface area contributed by atoms with E-state index in [0.717, 1.165) is 11.1 Å². The van der Waals surface area contributed by atoms with Gasteiger partial charge in [-0.05, 0) is 36.8 Å². The molecule has 0 atom stereocenters. The first-order chi connectivity index (χ1) is 12.4. The number of oxazole rings is 1. The number of benzene rings is 2. The van der Waals surface area contributed by atoms with Crippen molar-refractivity contribution in [3.8, 4) is 0 Å². The second kappa shape index (κ2) is 7.39. The highest BCUT2D eigenvalue weighted by molar-refractivity contribution is 5.97. The van der Waals surface area contributed by atoms with Gasteiger partial charge in [-0.15, -0.1) is 0 Å². The Balaban J connectivity index is 1.67. The van der Waals surface area contributed by atoms with Crippen LogP contribution in [0.3, 0.4) is 0 Å². The summed E-state index contributed by atoms with van der Waals surface area (Å²) in [4.78, 5) is 28.6. The number of nitrogens with zero attached hydrogens (tertiary/aromatic N) is 1. The Hall–Kier alpha value is -3.15. The third kappa shape index (κ3) is 3.91. The third-order valence-electron chi connectivity index (χ3n) is 3.98. The second-order valence-electron chi connectivity index (χ2n) is 6.44. The first kappa shape index (κ1) is 17.7. The number of anilines is 1. The lowest BCUT2D eigenvalue weighted by Gasteiger charge is -2.09. The van der Waals surface area contributed by atoms with Crippen molar-refractivity contribution >= 4 is 28.6 Å². The van der Waals surface area contributed by atoms with E-state index < -0.39 is 0 Å². The zero-order chi connectivity index (χ0) is 18.7. The fourth-order valence-corrected chi connectivity index (χ4v) is 2.49. The summed E-state index contributed by atoms with van der Waals surface area (Å²) in [5.74, 6) is -0.0314. The minimum atomic E-state index is -0.260. The van der Waals surface area contributed by atoms with Crippen molar-refractivity contribution in [3.63, 3.8) is 0 Å². The van der Waals surface area contributed by atoms with Crippen LogP contribution < -0.4 is 10.6 Å². The predicted octanol–water partition coefficient (Wildman–Crippen LogP) is 3.66. The molecule has 3 aromatic rings. The molecular formula is C20H21N3O3. The first-order valence-electron chi connectivity index (χ1n) is 8.48. The van der Waals surface area contributed by atoms with Gasteiger partial charge in [-0.1, -0.05) is 32.0 Å². The van der Waals surface area contributed by atoms with Gasteiger partial charge >= 0.3 is 0 Å². The standard InChI is InChI=1S/C20H21N3O3/c1-12(2)19(24)22-15-8-5-7-14(10-15)20(25)21-11-17-23-18-13(3)6-4-9-16(18)26-17/h4-10,12H,11H2,1-3H3,(H,21,25)(H,22,24). The Morgan fingerprint density at radius 3 is 2.65 bits per heavy atom. The lowest BCUT2D eigenvalue weighted by molar-refractivity contribution is -0.118. The summed E-state index contributed by atoms with van der Waals surface area (Å²) in [5, 5.41) is 5.58. The van der Waals surface area contributed by atoms with Crippen molar-refractivity contribution in [1.82, 2.24) is 10.3 Å². The van der Waals surface area contributed by atoms with Gasteiger partial charge in [-0.3, -0.25) is 9.59 Å². The molecule has 2 amide bonds. The van der Waals surface area contributed by atoms with Gasteiger partial charge in [-0.2, -0.15) is 0 Å². The van der Waals surface area contributed by atoms with Gasteiger partial charge in [0.1, 0.15) is 5.52 Å². The lowest BCUT2D eigenvalue weighted by atomic mass is 10.1. The molecule has 1 aromatic heterocycles. The van der Waals surface area contributed by atoms with E-state index in [9.17, 15) is 9.59 Å². The second-order valence-corrected chi connectivity index (χ2v) is 6.44. The molecular weight excluding hydrogens is 330 g/mol. The molecule has 0 aliphatic heterocycles. The number of fused-ring (bicyclic) bond motifs is 1. The summed E-state index contributed by atoms with van der Waals surface area (Å²) in [6.45, 7) is 5.78. The van der Waals surface area contributed by atoms with E-state index in [1.54, 1.807) is 24.3 Å². The van der Waals surface area contributed by atoms with Crippen LogP contribution in [0.2, 0.25) is 0 Å². The fourth-order valence-electron chi connectivity index (χ4n) is 2.49. The number of carbonyl (C=O) groups is 2. The largest absolute Gasteiger partial charge is 0.439 e. The molecule has 134 valence electrons. The van der Waals surface area contributed by atoms with Crippen LogP contribution in [-0.4, -0.2) is 16.8 Å². The zero-order valence-corrected chi connectivity index (χ0v) is 15.0. The Bertz CT molecular complexity index is 960. The van der Waals surface area contributed by atoms with Crippen LogP contribution in [0.25, 0.3) is 11.1 Å². The maximum Gasteiger partial charge on any atom is 0.251 e. The first-order valence-corrected chi connectivity index (χ1v) is 8.48. The minimum absolute atomic E-state index is 0.0931. The molecule has 3 rings (SSSR count). The van der Waals surface area contributed by atoms with E-state index in [1.807, 2.05) is 39.0 Å². The molecule has 0 spiro atoms. The van der Waals surface area contributed by atoms with E-state index in [2.05, 4.69) is 15.6 Å². The smallest absolute Gasteiger partial charge is 0.251 e. The number of rotatable bonds is 5. The van der Waals surface area contributed by atoms with Crippen molar-refractivity contribution in [2.24, 2.45) is 5.92 Å². The van der Waals surface area contributed by atoms with Gasteiger partial charge in [0.2, 0.25) is 11.8 Å². The highest BCUT2D eigenvalue weighted by atomic mass is 16.3. The molecule has 26 heavy (non-hydrogen) atoms. The van der Waals surface area contributed by atoms with Crippen LogP contribution >= 0.6 is 0 Å². The number of hydrogen-bond donors (Lipinski definition) is 2. The van der Waals surface area contributed by atoms with E-state index in [-0.39, 0.29) is 24.3 Å². The SMILES string of the molecule is Cc1cccc2oc(CNC(=O)c3cccc(NC(=O)C(C)C)c3)nc12. The Morgan fingerprint density at radius 1 is 1.15 bits per heavy atom. The van der Waals surface area contributed by atoms with Gasteiger partial charge in [0.25, 0.3) is 5.91 Å². The van der Waals surface area contributed by atoms with E-state index in [1.165, 1.54) is 0 Å². The Labute approximate surface area is 151 Å². The van der Waals surface area contributed by atoms with Crippen LogP contribution in [-0.2, 0) is 11.3 Å². The monoisotopic (exact) mass is 351 g/mol. The molecule has 2 N–H and O–H groups in total. The van der Waals surface area contributed by atoms with Crippen LogP contribution in [0.4, 0.5) is 5.69 Å². The molecule has 0 radical (unpaired) electrons. The van der Waals surface area contributed by atoms with Crippen LogP contribution in [0, 0.1) is 12.8 Å².